The normalized spacial score (nSPS) is 34.4. The number of carbonyl (C=O) groups is 1. The van der Waals surface area contributed by atoms with Gasteiger partial charge in [0, 0.05) is 11.7 Å². The molecule has 0 bridgehead atoms. The Morgan fingerprint density at radius 1 is 1.38 bits per heavy atom. The zero-order valence-corrected chi connectivity index (χ0v) is 21.1. The molecule has 32 heavy (non-hydrogen) atoms. The van der Waals surface area contributed by atoms with Crippen LogP contribution < -0.4 is 0 Å². The summed E-state index contributed by atoms with van der Waals surface area (Å²) in [6, 6.07) is 0. The van der Waals surface area contributed by atoms with E-state index >= 15 is 0 Å². The Hall–Kier alpha value is -1.30. The van der Waals surface area contributed by atoms with Crippen LogP contribution in [0.4, 0.5) is 0 Å². The molecular weight excluding hydrogens is 420 g/mol. The number of hydrogen-bond acceptors (Lipinski definition) is 5. The van der Waals surface area contributed by atoms with Crippen LogP contribution in [0, 0.1) is 11.3 Å². The summed E-state index contributed by atoms with van der Waals surface area (Å²) < 4.78 is 5.48. The van der Waals surface area contributed by atoms with E-state index in [1.54, 1.807) is 11.8 Å². The minimum Gasteiger partial charge on any atom is -0.459 e. The summed E-state index contributed by atoms with van der Waals surface area (Å²) in [7, 11) is 0. The zero-order valence-electron chi connectivity index (χ0n) is 20.3. The van der Waals surface area contributed by atoms with Crippen LogP contribution in [0.3, 0.4) is 0 Å². The number of rotatable bonds is 5. The molecule has 0 aliphatic heterocycles. The summed E-state index contributed by atoms with van der Waals surface area (Å²) in [5.74, 6) is 0.694. The summed E-state index contributed by atoms with van der Waals surface area (Å²) in [5, 5.41) is 20.4. The van der Waals surface area contributed by atoms with Crippen molar-refractivity contribution in [3.05, 3.63) is 47.1 Å². The number of aliphatic hydroxyl groups is 2. The van der Waals surface area contributed by atoms with Crippen LogP contribution in [0.5, 0.6) is 0 Å². The van der Waals surface area contributed by atoms with Crippen molar-refractivity contribution < 1.29 is 19.7 Å². The fraction of sp³-hybridized carbons (Fsp3) is 0.667. The first-order chi connectivity index (χ1) is 14.9. The predicted octanol–water partition coefficient (Wildman–Crippen LogP) is 5.51. The highest BCUT2D eigenvalue weighted by atomic mass is 32.2. The van der Waals surface area contributed by atoms with Crippen LogP contribution in [0.1, 0.15) is 73.1 Å². The molecule has 3 aliphatic rings. The maximum atomic E-state index is 12.2. The Kier molecular flexibility index (Phi) is 7.84. The minimum atomic E-state index is -0.650. The average molecular weight is 461 g/mol. The fourth-order valence-corrected chi connectivity index (χ4v) is 6.59. The van der Waals surface area contributed by atoms with Gasteiger partial charge < -0.3 is 14.9 Å². The maximum Gasteiger partial charge on any atom is 0.316 e. The van der Waals surface area contributed by atoms with E-state index in [0.717, 1.165) is 30.4 Å². The molecule has 0 heterocycles. The van der Waals surface area contributed by atoms with Crippen molar-refractivity contribution in [3.8, 4) is 0 Å². The van der Waals surface area contributed by atoms with E-state index in [9.17, 15) is 15.0 Å². The standard InChI is InChI=1S/C27H40O4S/c1-17-20(14-21(28)15-24(17)29)10-9-19-8-7-13-27(6)22(11-12-23(19)27)18(2)32-16-25(30)31-26(3,4)5/h9-11,18,21,23-24,28-29H,1,7-8,12-16H2,2-6H3/b19-9+,20-10-/t18?,21-,23+,24+,27-/m1/s1. The van der Waals surface area contributed by atoms with E-state index < -0.39 is 17.8 Å². The first kappa shape index (κ1) is 25.3. The number of aliphatic hydroxyl groups excluding tert-OH is 2. The quantitative estimate of drug-likeness (QED) is 0.418. The number of hydrogen-bond donors (Lipinski definition) is 2. The van der Waals surface area contributed by atoms with Crippen LogP contribution in [-0.2, 0) is 9.53 Å². The van der Waals surface area contributed by atoms with Crippen molar-refractivity contribution in [2.45, 2.75) is 96.2 Å². The monoisotopic (exact) mass is 460 g/mol. The molecule has 2 fully saturated rings. The van der Waals surface area contributed by atoms with Gasteiger partial charge in [0.15, 0.2) is 0 Å². The number of carbonyl (C=O) groups excluding carboxylic acids is 1. The van der Waals surface area contributed by atoms with Gasteiger partial charge in [0.05, 0.1) is 18.0 Å². The highest BCUT2D eigenvalue weighted by Crippen LogP contribution is 2.56. The molecule has 3 aliphatic carbocycles. The Bertz CT molecular complexity index is 831. The minimum absolute atomic E-state index is 0.117. The van der Waals surface area contributed by atoms with Gasteiger partial charge in [0.1, 0.15) is 5.60 Å². The lowest BCUT2D eigenvalue weighted by Gasteiger charge is -2.42. The summed E-state index contributed by atoms with van der Waals surface area (Å²) in [5.41, 5.74) is 4.28. The SMILES string of the molecule is C=C1/C(=C\C=C2/CCC[C@]3(C)C(C(C)SCC(=O)OC(C)(C)C)=CC[C@@H]23)C[C@@H](O)C[C@@H]1O. The van der Waals surface area contributed by atoms with E-state index in [0.29, 0.717) is 24.5 Å². The van der Waals surface area contributed by atoms with E-state index in [1.165, 1.54) is 17.6 Å². The van der Waals surface area contributed by atoms with Gasteiger partial charge in [0.25, 0.3) is 0 Å². The van der Waals surface area contributed by atoms with Gasteiger partial charge in [-0.1, -0.05) is 42.9 Å². The maximum absolute atomic E-state index is 12.2. The van der Waals surface area contributed by atoms with Gasteiger partial charge in [-0.25, -0.2) is 0 Å². The summed E-state index contributed by atoms with van der Waals surface area (Å²) in [4.78, 5) is 12.2. The van der Waals surface area contributed by atoms with Crippen LogP contribution in [0.2, 0.25) is 0 Å². The summed E-state index contributed by atoms with van der Waals surface area (Å²) in [6.07, 6.45) is 10.9. The molecule has 5 atom stereocenters. The Morgan fingerprint density at radius 3 is 2.78 bits per heavy atom. The predicted molar refractivity (Wildman–Crippen MR) is 132 cm³/mol. The molecule has 3 rings (SSSR count). The topological polar surface area (TPSA) is 66.8 Å². The van der Waals surface area contributed by atoms with E-state index in [-0.39, 0.29) is 16.6 Å². The third-order valence-electron chi connectivity index (χ3n) is 7.18. The molecule has 5 heteroatoms. The molecule has 0 aromatic rings. The first-order valence-corrected chi connectivity index (χ1v) is 12.9. The van der Waals surface area contributed by atoms with Gasteiger partial charge in [-0.2, -0.15) is 0 Å². The molecule has 0 spiro atoms. The molecule has 1 unspecified atom stereocenters. The lowest BCUT2D eigenvalue weighted by molar-refractivity contribution is -0.151. The Morgan fingerprint density at radius 2 is 2.09 bits per heavy atom. The van der Waals surface area contributed by atoms with Crippen LogP contribution >= 0.6 is 11.8 Å². The molecular formula is C27H40O4S. The third-order valence-corrected chi connectivity index (χ3v) is 8.34. The molecule has 0 saturated heterocycles. The highest BCUT2D eigenvalue weighted by Gasteiger charge is 2.46. The third kappa shape index (κ3) is 5.78. The number of ether oxygens (including phenoxy) is 1. The Balaban J connectivity index is 1.69. The van der Waals surface area contributed by atoms with E-state index in [2.05, 4.69) is 38.7 Å². The molecule has 0 radical (unpaired) electrons. The van der Waals surface area contributed by atoms with Gasteiger partial charge in [0.2, 0.25) is 0 Å². The number of esters is 1. The molecule has 0 aromatic carbocycles. The van der Waals surface area contributed by atoms with Crippen molar-refractivity contribution >= 4 is 17.7 Å². The smallest absolute Gasteiger partial charge is 0.316 e. The molecule has 0 aromatic heterocycles. The van der Waals surface area contributed by atoms with Crippen molar-refractivity contribution in [2.24, 2.45) is 11.3 Å². The lowest BCUT2D eigenvalue weighted by atomic mass is 9.64. The number of allylic oxidation sites excluding steroid dienone is 4. The number of fused-ring (bicyclic) bond motifs is 1. The van der Waals surface area contributed by atoms with E-state index in [4.69, 9.17) is 4.74 Å². The van der Waals surface area contributed by atoms with Gasteiger partial charge in [-0.05, 0) is 82.3 Å². The largest absolute Gasteiger partial charge is 0.459 e. The Labute approximate surface area is 197 Å². The molecule has 2 saturated carbocycles. The van der Waals surface area contributed by atoms with Crippen LogP contribution in [0.15, 0.2) is 47.1 Å². The zero-order chi connectivity index (χ0) is 23.7. The average Bonchev–Trinajstić information content (AvgIpc) is 3.04. The number of thioether (sulfide) groups is 1. The van der Waals surface area contributed by atoms with Crippen LogP contribution in [0.25, 0.3) is 0 Å². The molecule has 178 valence electrons. The van der Waals surface area contributed by atoms with Gasteiger partial charge in [-0.3, -0.25) is 4.79 Å². The second-order valence-electron chi connectivity index (χ2n) is 10.8. The van der Waals surface area contributed by atoms with E-state index in [1.807, 2.05) is 20.8 Å². The molecule has 2 N–H and O–H groups in total. The highest BCUT2D eigenvalue weighted by molar-refractivity contribution is 8.00. The molecule has 0 amide bonds. The van der Waals surface area contributed by atoms with Crippen molar-refractivity contribution in [1.29, 1.82) is 0 Å². The fourth-order valence-electron chi connectivity index (χ4n) is 5.60. The van der Waals surface area contributed by atoms with Crippen molar-refractivity contribution in [1.82, 2.24) is 0 Å². The van der Waals surface area contributed by atoms with Crippen LogP contribution in [-0.4, -0.2) is 45.0 Å². The second kappa shape index (κ2) is 9.90. The second-order valence-corrected chi connectivity index (χ2v) is 12.2. The first-order valence-electron chi connectivity index (χ1n) is 11.9. The summed E-state index contributed by atoms with van der Waals surface area (Å²) >= 11 is 1.67. The molecule has 4 nitrogen and oxygen atoms in total. The van der Waals surface area contributed by atoms with Gasteiger partial charge >= 0.3 is 5.97 Å². The van der Waals surface area contributed by atoms with Crippen molar-refractivity contribution in [2.75, 3.05) is 5.75 Å². The van der Waals surface area contributed by atoms with Gasteiger partial charge in [-0.15, -0.1) is 11.8 Å². The lowest BCUT2D eigenvalue weighted by Crippen LogP contribution is -2.33. The van der Waals surface area contributed by atoms with Crippen molar-refractivity contribution in [3.63, 3.8) is 0 Å². The summed E-state index contributed by atoms with van der Waals surface area (Å²) in [6.45, 7) is 14.3.